The van der Waals surface area contributed by atoms with Gasteiger partial charge in [0.1, 0.15) is 5.75 Å². The van der Waals surface area contributed by atoms with E-state index in [1.165, 1.54) is 0 Å². The Morgan fingerprint density at radius 2 is 2.00 bits per heavy atom. The first-order valence-corrected chi connectivity index (χ1v) is 6.40. The SMILES string of the molecule is Cc1ccc(C)c(OCCCn2ccnc2)c1Cl.Cl. The molecule has 0 amide bonds. The summed E-state index contributed by atoms with van der Waals surface area (Å²) in [7, 11) is 0. The predicted octanol–water partition coefficient (Wildman–Crippen LogP) is 4.04. The predicted molar refractivity (Wildman–Crippen MR) is 80.5 cm³/mol. The van der Waals surface area contributed by atoms with E-state index in [1.54, 1.807) is 6.20 Å². The van der Waals surface area contributed by atoms with E-state index < -0.39 is 0 Å². The highest BCUT2D eigenvalue weighted by atomic mass is 35.5. The molecule has 3 nitrogen and oxygen atoms in total. The van der Waals surface area contributed by atoms with E-state index in [1.807, 2.05) is 43.1 Å². The molecule has 0 saturated carbocycles. The number of hydrogen-bond acceptors (Lipinski definition) is 2. The summed E-state index contributed by atoms with van der Waals surface area (Å²) in [4.78, 5) is 4.00. The smallest absolute Gasteiger partial charge is 0.141 e. The highest BCUT2D eigenvalue weighted by Crippen LogP contribution is 2.31. The van der Waals surface area contributed by atoms with Crippen LogP contribution in [0.4, 0.5) is 0 Å². The van der Waals surface area contributed by atoms with Crippen molar-refractivity contribution < 1.29 is 4.74 Å². The van der Waals surface area contributed by atoms with Crippen LogP contribution in [0.5, 0.6) is 5.75 Å². The molecule has 0 aliphatic carbocycles. The Morgan fingerprint density at radius 1 is 1.26 bits per heavy atom. The number of benzene rings is 1. The van der Waals surface area contributed by atoms with E-state index in [0.29, 0.717) is 6.61 Å². The lowest BCUT2D eigenvalue weighted by molar-refractivity contribution is 0.300. The Labute approximate surface area is 125 Å². The molecule has 1 aromatic heterocycles. The van der Waals surface area contributed by atoms with E-state index in [4.69, 9.17) is 16.3 Å². The van der Waals surface area contributed by atoms with Gasteiger partial charge in [0.05, 0.1) is 18.0 Å². The lowest BCUT2D eigenvalue weighted by atomic mass is 10.1. The number of ether oxygens (including phenoxy) is 1. The van der Waals surface area contributed by atoms with Crippen molar-refractivity contribution in [1.82, 2.24) is 9.55 Å². The van der Waals surface area contributed by atoms with Crippen molar-refractivity contribution >= 4 is 24.0 Å². The van der Waals surface area contributed by atoms with Crippen LogP contribution in [-0.2, 0) is 6.54 Å². The average Bonchev–Trinajstić information content (AvgIpc) is 2.86. The molecule has 0 unspecified atom stereocenters. The summed E-state index contributed by atoms with van der Waals surface area (Å²) < 4.78 is 7.82. The van der Waals surface area contributed by atoms with E-state index in [9.17, 15) is 0 Å². The van der Waals surface area contributed by atoms with E-state index in [2.05, 4.69) is 4.98 Å². The van der Waals surface area contributed by atoms with Crippen LogP contribution in [0, 0.1) is 13.8 Å². The zero-order valence-electron chi connectivity index (χ0n) is 11.1. The van der Waals surface area contributed by atoms with Crippen LogP contribution in [0.3, 0.4) is 0 Å². The summed E-state index contributed by atoms with van der Waals surface area (Å²) in [6.45, 7) is 5.56. The van der Waals surface area contributed by atoms with Crippen molar-refractivity contribution in [2.24, 2.45) is 0 Å². The van der Waals surface area contributed by atoms with Gasteiger partial charge in [-0.3, -0.25) is 0 Å². The molecule has 1 heterocycles. The lowest BCUT2D eigenvalue weighted by Crippen LogP contribution is -2.04. The fourth-order valence-electron chi connectivity index (χ4n) is 1.77. The number of halogens is 2. The molecule has 0 fully saturated rings. The van der Waals surface area contributed by atoms with Gasteiger partial charge in [-0.25, -0.2) is 4.98 Å². The van der Waals surface area contributed by atoms with Gasteiger partial charge in [0.25, 0.3) is 0 Å². The molecular weight excluding hydrogens is 283 g/mol. The van der Waals surface area contributed by atoms with Crippen LogP contribution >= 0.6 is 24.0 Å². The number of imidazole rings is 1. The molecule has 1 aromatic carbocycles. The number of aromatic nitrogens is 2. The van der Waals surface area contributed by atoms with E-state index >= 15 is 0 Å². The molecule has 104 valence electrons. The molecule has 2 aromatic rings. The van der Waals surface area contributed by atoms with Crippen LogP contribution in [-0.4, -0.2) is 16.2 Å². The second kappa shape index (κ2) is 7.41. The van der Waals surface area contributed by atoms with Gasteiger partial charge in [0, 0.05) is 18.9 Å². The molecule has 0 aliphatic heterocycles. The minimum Gasteiger partial charge on any atom is -0.492 e. The molecular formula is C14H18Cl2N2O. The molecule has 0 radical (unpaired) electrons. The quantitative estimate of drug-likeness (QED) is 0.779. The van der Waals surface area contributed by atoms with Gasteiger partial charge < -0.3 is 9.30 Å². The van der Waals surface area contributed by atoms with Crippen LogP contribution < -0.4 is 4.74 Å². The summed E-state index contributed by atoms with van der Waals surface area (Å²) >= 11 is 6.24. The second-order valence-electron chi connectivity index (χ2n) is 4.34. The van der Waals surface area contributed by atoms with Gasteiger partial charge in [-0.05, 0) is 31.4 Å². The maximum atomic E-state index is 6.24. The number of hydrogen-bond donors (Lipinski definition) is 0. The molecule has 2 rings (SSSR count). The van der Waals surface area contributed by atoms with Crippen LogP contribution in [0.25, 0.3) is 0 Å². The first-order valence-electron chi connectivity index (χ1n) is 6.02. The topological polar surface area (TPSA) is 27.1 Å². The fraction of sp³-hybridized carbons (Fsp3) is 0.357. The largest absolute Gasteiger partial charge is 0.492 e. The van der Waals surface area contributed by atoms with Gasteiger partial charge in [0.2, 0.25) is 0 Å². The van der Waals surface area contributed by atoms with Crippen molar-refractivity contribution in [2.45, 2.75) is 26.8 Å². The van der Waals surface area contributed by atoms with E-state index in [-0.39, 0.29) is 12.4 Å². The normalized spacial score (nSPS) is 10.1. The summed E-state index contributed by atoms with van der Waals surface area (Å²) in [6.07, 6.45) is 6.47. The monoisotopic (exact) mass is 300 g/mol. The Balaban J connectivity index is 0.00000180. The maximum Gasteiger partial charge on any atom is 0.141 e. The van der Waals surface area contributed by atoms with Gasteiger partial charge in [-0.15, -0.1) is 12.4 Å². The molecule has 0 spiro atoms. The fourth-order valence-corrected chi connectivity index (χ4v) is 2.04. The molecule has 0 saturated heterocycles. The first kappa shape index (κ1) is 15.9. The number of rotatable bonds is 5. The third-order valence-corrected chi connectivity index (χ3v) is 3.32. The summed E-state index contributed by atoms with van der Waals surface area (Å²) in [5, 5.41) is 0.720. The van der Waals surface area contributed by atoms with Crippen molar-refractivity contribution in [2.75, 3.05) is 6.61 Å². The van der Waals surface area contributed by atoms with Gasteiger partial charge in [-0.2, -0.15) is 0 Å². The third-order valence-electron chi connectivity index (χ3n) is 2.85. The Morgan fingerprint density at radius 3 is 2.68 bits per heavy atom. The summed E-state index contributed by atoms with van der Waals surface area (Å²) in [6, 6.07) is 4.04. The van der Waals surface area contributed by atoms with Crippen molar-refractivity contribution in [1.29, 1.82) is 0 Å². The summed E-state index contributed by atoms with van der Waals surface area (Å²) in [5.41, 5.74) is 2.13. The molecule has 0 aliphatic rings. The minimum absolute atomic E-state index is 0. The highest BCUT2D eigenvalue weighted by Gasteiger charge is 2.07. The molecule has 0 atom stereocenters. The highest BCUT2D eigenvalue weighted by molar-refractivity contribution is 6.32. The van der Waals surface area contributed by atoms with Gasteiger partial charge in [-0.1, -0.05) is 23.7 Å². The molecule has 19 heavy (non-hydrogen) atoms. The minimum atomic E-state index is 0. The Kier molecular flexibility index (Phi) is 6.19. The summed E-state index contributed by atoms with van der Waals surface area (Å²) in [5.74, 6) is 0.808. The second-order valence-corrected chi connectivity index (χ2v) is 4.72. The zero-order valence-corrected chi connectivity index (χ0v) is 12.7. The van der Waals surface area contributed by atoms with Crippen LogP contribution in [0.1, 0.15) is 17.5 Å². The van der Waals surface area contributed by atoms with Crippen molar-refractivity contribution in [3.63, 3.8) is 0 Å². The Hall–Kier alpha value is -1.19. The molecule has 5 heteroatoms. The van der Waals surface area contributed by atoms with Crippen LogP contribution in [0.2, 0.25) is 5.02 Å². The maximum absolute atomic E-state index is 6.24. The number of aryl methyl sites for hydroxylation is 3. The average molecular weight is 301 g/mol. The molecule has 0 N–H and O–H groups in total. The van der Waals surface area contributed by atoms with Crippen molar-refractivity contribution in [3.8, 4) is 5.75 Å². The molecule has 0 bridgehead atoms. The standard InChI is InChI=1S/C14H17ClN2O.ClH/c1-11-4-5-12(2)14(13(11)15)18-9-3-7-17-8-6-16-10-17;/h4-6,8,10H,3,7,9H2,1-2H3;1H. The first-order chi connectivity index (χ1) is 8.68. The van der Waals surface area contributed by atoms with Crippen molar-refractivity contribution in [3.05, 3.63) is 47.0 Å². The third kappa shape index (κ3) is 4.15. The van der Waals surface area contributed by atoms with Crippen LogP contribution in [0.15, 0.2) is 30.9 Å². The zero-order chi connectivity index (χ0) is 13.0. The van der Waals surface area contributed by atoms with Gasteiger partial charge >= 0.3 is 0 Å². The van der Waals surface area contributed by atoms with E-state index in [0.717, 1.165) is 34.9 Å². The van der Waals surface area contributed by atoms with Gasteiger partial charge in [0.15, 0.2) is 0 Å². The Bertz CT molecular complexity index is 512. The lowest BCUT2D eigenvalue weighted by Gasteiger charge is -2.12. The number of nitrogens with zero attached hydrogens (tertiary/aromatic N) is 2.